The van der Waals surface area contributed by atoms with E-state index in [1.807, 2.05) is 56.5 Å². The van der Waals surface area contributed by atoms with Crippen LogP contribution in [-0.2, 0) is 16.1 Å². The third kappa shape index (κ3) is 3.36. The number of aryl methyl sites for hydroxylation is 2. The number of benzene rings is 2. The van der Waals surface area contributed by atoms with E-state index >= 15 is 0 Å². The molecule has 1 aromatic heterocycles. The van der Waals surface area contributed by atoms with Gasteiger partial charge < -0.3 is 4.52 Å². The molecule has 1 fully saturated rings. The van der Waals surface area contributed by atoms with Crippen LogP contribution >= 0.6 is 11.8 Å². The van der Waals surface area contributed by atoms with Gasteiger partial charge in [0, 0.05) is 10.5 Å². The van der Waals surface area contributed by atoms with Crippen molar-refractivity contribution in [2.24, 2.45) is 10.3 Å². The third-order valence-corrected chi connectivity index (χ3v) is 6.43. The maximum Gasteiger partial charge on any atom is 0.263 e. The molecule has 0 spiro atoms. The lowest BCUT2D eigenvalue weighted by Crippen LogP contribution is -2.39. The van der Waals surface area contributed by atoms with Gasteiger partial charge in [0.25, 0.3) is 11.8 Å². The van der Waals surface area contributed by atoms with Crippen LogP contribution in [0, 0.1) is 13.8 Å². The number of hydrogen-bond donors (Lipinski definition) is 0. The van der Waals surface area contributed by atoms with Crippen LogP contribution < -0.4 is 4.90 Å². The van der Waals surface area contributed by atoms with E-state index in [1.54, 1.807) is 17.8 Å². The first-order valence-corrected chi connectivity index (χ1v) is 11.3. The van der Waals surface area contributed by atoms with Crippen LogP contribution in [0.5, 0.6) is 0 Å². The number of hydrogen-bond acceptors (Lipinski definition) is 9. The van der Waals surface area contributed by atoms with Crippen molar-refractivity contribution in [3.8, 4) is 11.4 Å². The highest BCUT2D eigenvalue weighted by atomic mass is 32.2. The van der Waals surface area contributed by atoms with E-state index in [1.165, 1.54) is 15.5 Å². The molecule has 1 saturated heterocycles. The Bertz CT molecular complexity index is 1260. The average molecular weight is 449 g/mol. The zero-order valence-corrected chi connectivity index (χ0v) is 18.5. The van der Waals surface area contributed by atoms with Gasteiger partial charge in [-0.05, 0) is 55.5 Å². The molecule has 5 rings (SSSR count). The minimum atomic E-state index is -0.873. The molecule has 0 N–H and O–H groups in total. The molecular weight excluding hydrogens is 428 g/mol. The first-order chi connectivity index (χ1) is 15.5. The first kappa shape index (κ1) is 20.4. The second kappa shape index (κ2) is 7.86. The summed E-state index contributed by atoms with van der Waals surface area (Å²) in [4.78, 5) is 32.7. The van der Waals surface area contributed by atoms with Crippen molar-refractivity contribution in [3.63, 3.8) is 0 Å². The number of carbonyl (C=O) groups is 2. The van der Waals surface area contributed by atoms with Gasteiger partial charge in [0.15, 0.2) is 12.1 Å². The Morgan fingerprint density at radius 1 is 1.06 bits per heavy atom. The highest BCUT2D eigenvalue weighted by Crippen LogP contribution is 2.34. The summed E-state index contributed by atoms with van der Waals surface area (Å²) >= 11 is 1.54. The number of rotatable bonds is 5. The lowest BCUT2D eigenvalue weighted by molar-refractivity contribution is -0.123. The van der Waals surface area contributed by atoms with Crippen molar-refractivity contribution in [2.75, 3.05) is 11.2 Å². The van der Waals surface area contributed by atoms with Crippen LogP contribution in [0.2, 0.25) is 0 Å². The van der Waals surface area contributed by atoms with Gasteiger partial charge in [0.1, 0.15) is 6.54 Å². The van der Waals surface area contributed by atoms with Gasteiger partial charge in [-0.1, -0.05) is 28.6 Å². The Morgan fingerprint density at radius 3 is 2.69 bits per heavy atom. The van der Waals surface area contributed by atoms with Crippen LogP contribution in [0.1, 0.15) is 17.0 Å². The van der Waals surface area contributed by atoms with E-state index < -0.39 is 12.1 Å². The molecule has 32 heavy (non-hydrogen) atoms. The summed E-state index contributed by atoms with van der Waals surface area (Å²) in [6, 6.07) is 11.5. The van der Waals surface area contributed by atoms with Gasteiger partial charge in [-0.3, -0.25) is 14.6 Å². The number of thioether (sulfide) groups is 1. The summed E-state index contributed by atoms with van der Waals surface area (Å²) in [7, 11) is 0. The summed E-state index contributed by atoms with van der Waals surface area (Å²) in [6.45, 7) is 4.14. The Hall–Kier alpha value is -3.53. The number of amides is 2. The lowest BCUT2D eigenvalue weighted by atomic mass is 10.1. The van der Waals surface area contributed by atoms with Crippen LogP contribution in [0.3, 0.4) is 0 Å². The molecule has 0 bridgehead atoms. The number of carbonyl (C=O) groups excluding carboxylic acids is 2. The van der Waals surface area contributed by atoms with Crippen LogP contribution in [-0.4, -0.2) is 45.3 Å². The lowest BCUT2D eigenvalue weighted by Gasteiger charge is -2.19. The van der Waals surface area contributed by atoms with Crippen molar-refractivity contribution in [1.82, 2.24) is 15.1 Å². The van der Waals surface area contributed by atoms with Crippen molar-refractivity contribution in [1.29, 1.82) is 0 Å². The van der Waals surface area contributed by atoms with Crippen LogP contribution in [0.15, 0.2) is 62.2 Å². The number of aromatic nitrogens is 2. The van der Waals surface area contributed by atoms with E-state index in [0.717, 1.165) is 16.0 Å². The minimum Gasteiger partial charge on any atom is -0.337 e. The Morgan fingerprint density at radius 2 is 1.91 bits per heavy atom. The van der Waals surface area contributed by atoms with Crippen molar-refractivity contribution in [3.05, 3.63) is 59.5 Å². The molecule has 2 aliphatic rings. The Labute approximate surface area is 188 Å². The fourth-order valence-electron chi connectivity index (χ4n) is 3.81. The van der Waals surface area contributed by atoms with Gasteiger partial charge in [-0.15, -0.1) is 11.8 Å². The Balaban J connectivity index is 1.36. The topological polar surface area (TPSA) is 104 Å². The molecule has 3 heterocycles. The number of imide groups is 1. The number of anilines is 1. The molecule has 162 valence electrons. The molecule has 10 heteroatoms. The minimum absolute atomic E-state index is 0.0836. The standard InChI is InChI=1S/C22H20N6O3S/c1-12-7-8-14(9-13(12)2)20-23-17(31-25-20)11-27-19-18(24-26-27)21(29)28(22(19)30)15-5-4-6-16(10-15)32-3/h4-10,18-19H,11H2,1-3H3/t18-,19+/m0/s1. The predicted octanol–water partition coefficient (Wildman–Crippen LogP) is 3.57. The second-order valence-corrected chi connectivity index (χ2v) is 8.60. The molecule has 0 aliphatic carbocycles. The molecule has 3 aromatic rings. The molecule has 2 atom stereocenters. The molecular formula is C22H20N6O3S. The van der Waals surface area contributed by atoms with Gasteiger partial charge in [-0.25, -0.2) is 4.90 Å². The van der Waals surface area contributed by atoms with Gasteiger partial charge in [0.2, 0.25) is 11.7 Å². The van der Waals surface area contributed by atoms with Crippen molar-refractivity contribution in [2.45, 2.75) is 37.4 Å². The molecule has 0 unspecified atom stereocenters. The van der Waals surface area contributed by atoms with Crippen molar-refractivity contribution < 1.29 is 14.1 Å². The normalized spacial score (nSPS) is 19.8. The summed E-state index contributed by atoms with van der Waals surface area (Å²) < 4.78 is 5.39. The molecule has 9 nitrogen and oxygen atoms in total. The van der Waals surface area contributed by atoms with E-state index in [0.29, 0.717) is 17.4 Å². The number of fused-ring (bicyclic) bond motifs is 1. The van der Waals surface area contributed by atoms with Gasteiger partial charge >= 0.3 is 0 Å². The highest BCUT2D eigenvalue weighted by Gasteiger charge is 2.55. The molecule has 2 aliphatic heterocycles. The van der Waals surface area contributed by atoms with Gasteiger partial charge in [0.05, 0.1) is 5.69 Å². The molecule has 0 saturated carbocycles. The zero-order valence-electron chi connectivity index (χ0n) is 17.7. The first-order valence-electron chi connectivity index (χ1n) is 10.1. The predicted molar refractivity (Wildman–Crippen MR) is 118 cm³/mol. The van der Waals surface area contributed by atoms with E-state index in [9.17, 15) is 9.59 Å². The smallest absolute Gasteiger partial charge is 0.263 e. The summed E-state index contributed by atoms with van der Waals surface area (Å²) in [5.74, 6) is 0.00373. The van der Waals surface area contributed by atoms with Gasteiger partial charge in [-0.2, -0.15) is 10.1 Å². The fraction of sp³-hybridized carbons (Fsp3) is 0.273. The maximum absolute atomic E-state index is 13.2. The average Bonchev–Trinajstić information content (AvgIpc) is 3.48. The number of nitrogens with zero attached hydrogens (tertiary/aromatic N) is 6. The second-order valence-electron chi connectivity index (χ2n) is 7.72. The van der Waals surface area contributed by atoms with E-state index in [-0.39, 0.29) is 18.4 Å². The van der Waals surface area contributed by atoms with E-state index in [4.69, 9.17) is 4.52 Å². The molecule has 2 aromatic carbocycles. The molecule has 2 amide bonds. The van der Waals surface area contributed by atoms with Crippen LogP contribution in [0.4, 0.5) is 5.69 Å². The Kier molecular flexibility index (Phi) is 5.01. The quantitative estimate of drug-likeness (QED) is 0.434. The zero-order chi connectivity index (χ0) is 22.4. The van der Waals surface area contributed by atoms with Crippen LogP contribution in [0.25, 0.3) is 11.4 Å². The largest absolute Gasteiger partial charge is 0.337 e. The van der Waals surface area contributed by atoms with E-state index in [2.05, 4.69) is 20.5 Å². The SMILES string of the molecule is CSc1cccc(N2C(=O)[C@H]3N=NN(Cc4nc(-c5ccc(C)c(C)c5)no4)[C@H]3C2=O)c1. The monoisotopic (exact) mass is 448 g/mol. The molecule has 0 radical (unpaired) electrons. The highest BCUT2D eigenvalue weighted by molar-refractivity contribution is 7.98. The summed E-state index contributed by atoms with van der Waals surface area (Å²) in [5.41, 5.74) is 3.69. The fourth-order valence-corrected chi connectivity index (χ4v) is 4.27. The van der Waals surface area contributed by atoms with Crippen molar-refractivity contribution >= 4 is 29.3 Å². The third-order valence-electron chi connectivity index (χ3n) is 5.70. The summed E-state index contributed by atoms with van der Waals surface area (Å²) in [5, 5.41) is 13.6. The maximum atomic E-state index is 13.2. The summed E-state index contributed by atoms with van der Waals surface area (Å²) in [6.07, 6.45) is 1.94.